The number of aryl methyl sites for hydroxylation is 1. The second kappa shape index (κ2) is 17.0. The molecule has 2 N–H and O–H groups in total. The van der Waals surface area contributed by atoms with E-state index in [1.807, 2.05) is 0 Å². The van der Waals surface area contributed by atoms with Crippen LogP contribution in [0.2, 0.25) is 5.02 Å². The van der Waals surface area contributed by atoms with Gasteiger partial charge in [0.15, 0.2) is 21.3 Å². The number of nitrogens with one attached hydrogen (secondary N) is 2. The van der Waals surface area contributed by atoms with E-state index in [0.29, 0.717) is 53.2 Å². The Balaban J connectivity index is 1.20. The van der Waals surface area contributed by atoms with Crippen molar-refractivity contribution in [2.45, 2.75) is 125 Å². The van der Waals surface area contributed by atoms with E-state index in [2.05, 4.69) is 20.2 Å². The van der Waals surface area contributed by atoms with E-state index in [4.69, 9.17) is 21.3 Å². The lowest BCUT2D eigenvalue weighted by atomic mass is 9.93. The Morgan fingerprint density at radius 3 is 2.19 bits per heavy atom. The highest BCUT2D eigenvalue weighted by Crippen LogP contribution is 2.55. The number of ether oxygens (including phenoxy) is 1. The first-order valence-electron chi connectivity index (χ1n) is 22.1. The van der Waals surface area contributed by atoms with Crippen molar-refractivity contribution in [2.75, 3.05) is 17.9 Å². The molecular weight excluding hydrogens is 967 g/mol. The fourth-order valence-corrected chi connectivity index (χ4v) is 12.8. The first-order valence-corrected chi connectivity index (χ1v) is 25.6. The summed E-state index contributed by atoms with van der Waals surface area (Å²) in [4.78, 5) is 19.3. The van der Waals surface area contributed by atoms with Crippen LogP contribution in [0.15, 0.2) is 42.5 Å². The SMILES string of the molecule is C[C@@H]1c2c(C(F)(F)F)nn(CC(=O)N[C@@H](Cc3cc(F)cc(F)c3)c3nc(CCC(C)(C)S(=O)(=O)C4CC4)ccc3-c3ccc(Cl)c4c(NS(=O)(=O)C5CC5)nn(C5COC5)c34)c2C(F)(F)[C@@H]1C. The summed E-state index contributed by atoms with van der Waals surface area (Å²) in [7, 11) is -7.44. The van der Waals surface area contributed by atoms with Gasteiger partial charge in [0.25, 0.3) is 5.92 Å². The summed E-state index contributed by atoms with van der Waals surface area (Å²) in [5, 5.41) is 10.1. The maximum absolute atomic E-state index is 15.8. The van der Waals surface area contributed by atoms with Crippen LogP contribution in [0.25, 0.3) is 22.0 Å². The Kier molecular flexibility index (Phi) is 12.0. The van der Waals surface area contributed by atoms with Crippen LogP contribution in [0.5, 0.6) is 0 Å². The van der Waals surface area contributed by atoms with Crippen molar-refractivity contribution in [3.8, 4) is 11.1 Å². The zero-order valence-corrected chi connectivity index (χ0v) is 39.5. The number of carbonyl (C=O) groups excluding carboxylic acids is 1. The van der Waals surface area contributed by atoms with Crippen molar-refractivity contribution in [3.63, 3.8) is 0 Å². The minimum atomic E-state index is -5.14. The van der Waals surface area contributed by atoms with Gasteiger partial charge in [-0.1, -0.05) is 37.6 Å². The third-order valence-electron chi connectivity index (χ3n) is 13.6. The Morgan fingerprint density at radius 1 is 0.941 bits per heavy atom. The fourth-order valence-electron chi connectivity index (χ4n) is 9.22. The van der Waals surface area contributed by atoms with Crippen LogP contribution in [-0.4, -0.2) is 75.7 Å². The molecule has 1 amide bonds. The molecule has 2 aromatic carbocycles. The van der Waals surface area contributed by atoms with Gasteiger partial charge in [-0.05, 0) is 94.5 Å². The Bertz CT molecular complexity index is 3060. The van der Waals surface area contributed by atoms with Crippen molar-refractivity contribution >= 4 is 54.1 Å². The van der Waals surface area contributed by atoms with E-state index >= 15 is 8.78 Å². The summed E-state index contributed by atoms with van der Waals surface area (Å²) in [5.74, 6) is -9.79. The minimum absolute atomic E-state index is 0.00850. The molecule has 3 atom stereocenters. The second-order valence-electron chi connectivity index (χ2n) is 19.0. The molecule has 23 heteroatoms. The maximum atomic E-state index is 15.8. The van der Waals surface area contributed by atoms with Gasteiger partial charge in [-0.25, -0.2) is 25.6 Å². The van der Waals surface area contributed by atoms with Crippen LogP contribution in [-0.2, 0) is 60.9 Å². The van der Waals surface area contributed by atoms with E-state index in [9.17, 15) is 43.6 Å². The van der Waals surface area contributed by atoms with Crippen molar-refractivity contribution in [2.24, 2.45) is 5.92 Å². The van der Waals surface area contributed by atoms with Crippen LogP contribution >= 0.6 is 11.6 Å². The van der Waals surface area contributed by atoms with E-state index in [1.165, 1.54) is 13.0 Å². The molecule has 1 aliphatic heterocycles. The number of hydrogen-bond donors (Lipinski definition) is 2. The molecule has 13 nitrogen and oxygen atoms in total. The zero-order valence-electron chi connectivity index (χ0n) is 37.1. The fraction of sp³-hybridized carbons (Fsp3) is 0.511. The van der Waals surface area contributed by atoms with Crippen molar-refractivity contribution < 1.29 is 57.1 Å². The smallest absolute Gasteiger partial charge is 0.377 e. The van der Waals surface area contributed by atoms with Crippen LogP contribution < -0.4 is 10.0 Å². The number of carbonyl (C=O) groups is 1. The lowest BCUT2D eigenvalue weighted by Gasteiger charge is -2.28. The van der Waals surface area contributed by atoms with Gasteiger partial charge in [0.05, 0.1) is 62.2 Å². The molecular formula is C45H47ClF7N7O6S2. The first kappa shape index (κ1) is 48.2. The quantitative estimate of drug-likeness (QED) is 0.0918. The van der Waals surface area contributed by atoms with Crippen LogP contribution in [0.1, 0.15) is 112 Å². The number of benzene rings is 2. The number of hydrogen-bond acceptors (Lipinski definition) is 9. The third kappa shape index (κ3) is 8.75. The topological polar surface area (TPSA) is 167 Å². The molecule has 0 bridgehead atoms. The van der Waals surface area contributed by atoms with Gasteiger partial charge in [0.1, 0.15) is 23.9 Å². The molecule has 2 saturated carbocycles. The van der Waals surface area contributed by atoms with Gasteiger partial charge in [0, 0.05) is 34.4 Å². The number of sulfonamides is 1. The molecule has 0 radical (unpaired) electrons. The molecule has 9 rings (SSSR count). The summed E-state index contributed by atoms with van der Waals surface area (Å²) in [6.45, 7) is 4.81. The number of sulfone groups is 1. The monoisotopic (exact) mass is 1010 g/mol. The summed E-state index contributed by atoms with van der Waals surface area (Å²) < 4.78 is 167. The van der Waals surface area contributed by atoms with Crippen molar-refractivity contribution in [1.82, 2.24) is 29.9 Å². The summed E-state index contributed by atoms with van der Waals surface area (Å²) >= 11 is 6.85. The third-order valence-corrected chi connectivity index (χ3v) is 18.9. The molecule has 4 heterocycles. The van der Waals surface area contributed by atoms with E-state index in [0.717, 1.165) is 19.1 Å². The van der Waals surface area contributed by atoms with Gasteiger partial charge in [-0.2, -0.15) is 32.1 Å². The lowest BCUT2D eigenvalue weighted by molar-refractivity contribution is -0.143. The number of anilines is 1. The number of halogens is 8. The summed E-state index contributed by atoms with van der Waals surface area (Å²) in [6.07, 6.45) is -3.40. The van der Waals surface area contributed by atoms with Gasteiger partial charge < -0.3 is 10.1 Å². The zero-order chi connectivity index (χ0) is 49.0. The van der Waals surface area contributed by atoms with Gasteiger partial charge in [-0.3, -0.25) is 23.9 Å². The van der Waals surface area contributed by atoms with Crippen LogP contribution in [0, 0.1) is 17.6 Å². The molecule has 68 heavy (non-hydrogen) atoms. The molecule has 1 saturated heterocycles. The molecule has 3 fully saturated rings. The highest BCUT2D eigenvalue weighted by molar-refractivity contribution is 7.93. The molecule has 3 aliphatic carbocycles. The standard InChI is InChI=1S/C45H47ClF7N7O6S2/c1-22-23(2)44(49,50)41-36(22)40(45(51,52)53)56-59(41)19-35(61)55-34(17-24-15-25(47)18-26(48)16-24)38-31(10-5-27(54-38)13-14-43(3,4)67(62,63)29-6-7-29)32-11-12-33(46)37-39(32)60(28-20-66-21-28)57-42(37)58-68(64,65)30-8-9-30/h5,10-12,15-16,18,22-23,28-30,34H,6-9,13-14,17,19-21H2,1-4H3,(H,55,61)(H,57,58)/t22-,23+,34-/m0/s1. The Labute approximate surface area is 392 Å². The summed E-state index contributed by atoms with van der Waals surface area (Å²) in [6, 6.07) is 7.14. The Morgan fingerprint density at radius 2 is 1.59 bits per heavy atom. The molecule has 0 unspecified atom stereocenters. The van der Waals surface area contributed by atoms with E-state index in [-0.39, 0.29) is 59.1 Å². The van der Waals surface area contributed by atoms with Crippen molar-refractivity contribution in [1.29, 1.82) is 0 Å². The number of alkyl halides is 5. The number of nitrogens with zero attached hydrogens (tertiary/aromatic N) is 5. The molecule has 5 aromatic rings. The van der Waals surface area contributed by atoms with Gasteiger partial charge in [-0.15, -0.1) is 0 Å². The predicted molar refractivity (Wildman–Crippen MR) is 237 cm³/mol. The van der Waals surface area contributed by atoms with E-state index in [1.54, 1.807) is 36.7 Å². The number of rotatable bonds is 16. The number of aromatic nitrogens is 5. The van der Waals surface area contributed by atoms with Crippen LogP contribution in [0.3, 0.4) is 0 Å². The molecule has 366 valence electrons. The molecule has 3 aromatic heterocycles. The number of pyridine rings is 1. The highest BCUT2D eigenvalue weighted by Gasteiger charge is 2.57. The number of amides is 1. The van der Waals surface area contributed by atoms with E-state index < -0.39 is 119 Å². The molecule has 0 spiro atoms. The predicted octanol–water partition coefficient (Wildman–Crippen LogP) is 8.95. The van der Waals surface area contributed by atoms with Gasteiger partial charge >= 0.3 is 6.18 Å². The molecule has 4 aliphatic rings. The first-order chi connectivity index (χ1) is 31.8. The Hall–Kier alpha value is -4.80. The largest absolute Gasteiger partial charge is 0.435 e. The minimum Gasteiger partial charge on any atom is -0.377 e. The second-order valence-corrected chi connectivity index (χ2v) is 24.2. The highest BCUT2D eigenvalue weighted by atomic mass is 35.5. The average molecular weight is 1010 g/mol. The maximum Gasteiger partial charge on any atom is 0.435 e. The van der Waals surface area contributed by atoms with Crippen LogP contribution in [0.4, 0.5) is 36.6 Å². The van der Waals surface area contributed by atoms with Gasteiger partial charge in [0.2, 0.25) is 15.9 Å². The van der Waals surface area contributed by atoms with Crippen molar-refractivity contribution in [3.05, 3.63) is 93.0 Å². The lowest BCUT2D eigenvalue weighted by Crippen LogP contribution is -2.36. The summed E-state index contributed by atoms with van der Waals surface area (Å²) in [5.41, 5.74) is -2.12. The average Bonchev–Trinajstić information content (AvgIpc) is 4.16. The number of fused-ring (bicyclic) bond motifs is 2. The normalized spacial score (nSPS) is 20.4.